The number of rotatable bonds is 4. The second-order valence-electron chi connectivity index (χ2n) is 3.29. The van der Waals surface area contributed by atoms with Crippen LogP contribution in [0.25, 0.3) is 0 Å². The SMILES string of the molecule is CNc1cnc(C=O)cc1OC1CC1. The van der Waals surface area contributed by atoms with Crippen molar-refractivity contribution < 1.29 is 9.53 Å². The Morgan fingerprint density at radius 2 is 2.43 bits per heavy atom. The Bertz CT molecular complexity index is 348. The van der Waals surface area contributed by atoms with E-state index in [2.05, 4.69) is 10.3 Å². The summed E-state index contributed by atoms with van der Waals surface area (Å²) in [5.41, 5.74) is 1.22. The fourth-order valence-electron chi connectivity index (χ4n) is 1.17. The third-order valence-corrected chi connectivity index (χ3v) is 2.10. The minimum absolute atomic E-state index is 0.323. The maximum atomic E-state index is 10.5. The highest BCUT2D eigenvalue weighted by Crippen LogP contribution is 2.31. The second-order valence-corrected chi connectivity index (χ2v) is 3.29. The van der Waals surface area contributed by atoms with Crippen molar-refractivity contribution in [1.29, 1.82) is 0 Å². The quantitative estimate of drug-likeness (QED) is 0.734. The molecular weight excluding hydrogens is 180 g/mol. The summed E-state index contributed by atoms with van der Waals surface area (Å²) in [7, 11) is 1.80. The molecule has 1 heterocycles. The zero-order valence-electron chi connectivity index (χ0n) is 7.99. The first-order chi connectivity index (χ1) is 6.83. The summed E-state index contributed by atoms with van der Waals surface area (Å²) >= 11 is 0. The van der Waals surface area contributed by atoms with Crippen molar-refractivity contribution in [2.45, 2.75) is 18.9 Å². The summed E-state index contributed by atoms with van der Waals surface area (Å²) in [5, 5.41) is 2.98. The molecule has 2 rings (SSSR count). The Morgan fingerprint density at radius 3 is 3.00 bits per heavy atom. The average Bonchev–Trinajstić information content (AvgIpc) is 3.01. The highest BCUT2D eigenvalue weighted by molar-refractivity contribution is 5.74. The molecular formula is C10H12N2O2. The number of pyridine rings is 1. The molecule has 0 aromatic carbocycles. The number of aldehydes is 1. The molecule has 0 amide bonds. The normalized spacial score (nSPS) is 14.9. The highest BCUT2D eigenvalue weighted by Gasteiger charge is 2.24. The number of aromatic nitrogens is 1. The number of carbonyl (C=O) groups is 1. The number of anilines is 1. The minimum Gasteiger partial charge on any atom is -0.488 e. The van der Waals surface area contributed by atoms with E-state index in [0.29, 0.717) is 17.5 Å². The van der Waals surface area contributed by atoms with Gasteiger partial charge in [0.05, 0.1) is 18.0 Å². The van der Waals surface area contributed by atoms with Crippen LogP contribution in [-0.2, 0) is 0 Å². The van der Waals surface area contributed by atoms with Gasteiger partial charge in [0.2, 0.25) is 0 Å². The summed E-state index contributed by atoms with van der Waals surface area (Å²) in [4.78, 5) is 14.5. The zero-order valence-corrected chi connectivity index (χ0v) is 7.99. The van der Waals surface area contributed by atoms with Crippen LogP contribution >= 0.6 is 0 Å². The van der Waals surface area contributed by atoms with Gasteiger partial charge >= 0.3 is 0 Å². The molecule has 1 aromatic heterocycles. The fraction of sp³-hybridized carbons (Fsp3) is 0.400. The maximum Gasteiger partial charge on any atom is 0.168 e. The van der Waals surface area contributed by atoms with Crippen molar-refractivity contribution in [2.75, 3.05) is 12.4 Å². The lowest BCUT2D eigenvalue weighted by Gasteiger charge is -2.09. The van der Waals surface area contributed by atoms with Gasteiger partial charge in [-0.2, -0.15) is 0 Å². The van der Waals surface area contributed by atoms with Crippen LogP contribution in [0.1, 0.15) is 23.3 Å². The third-order valence-electron chi connectivity index (χ3n) is 2.10. The van der Waals surface area contributed by atoms with Crippen LogP contribution in [0.2, 0.25) is 0 Å². The standard InChI is InChI=1S/C10H12N2O2/c1-11-9-5-12-7(6-13)4-10(9)14-8-2-3-8/h4-6,8,11H,2-3H2,1H3. The van der Waals surface area contributed by atoms with Crippen molar-refractivity contribution in [3.05, 3.63) is 18.0 Å². The van der Waals surface area contributed by atoms with Crippen molar-refractivity contribution in [3.8, 4) is 5.75 Å². The van der Waals surface area contributed by atoms with Crippen molar-refractivity contribution in [3.63, 3.8) is 0 Å². The summed E-state index contributed by atoms with van der Waals surface area (Å²) in [6.45, 7) is 0. The molecule has 4 nitrogen and oxygen atoms in total. The molecule has 0 bridgehead atoms. The van der Waals surface area contributed by atoms with Crippen molar-refractivity contribution in [1.82, 2.24) is 4.98 Å². The molecule has 1 aliphatic carbocycles. The van der Waals surface area contributed by atoms with E-state index < -0.39 is 0 Å². The van der Waals surface area contributed by atoms with E-state index in [0.717, 1.165) is 24.8 Å². The van der Waals surface area contributed by atoms with Gasteiger partial charge in [-0.25, -0.2) is 0 Å². The van der Waals surface area contributed by atoms with Crippen LogP contribution in [0.4, 0.5) is 5.69 Å². The molecule has 0 spiro atoms. The van der Waals surface area contributed by atoms with Gasteiger partial charge in [0.1, 0.15) is 11.4 Å². The molecule has 1 fully saturated rings. The zero-order chi connectivity index (χ0) is 9.97. The van der Waals surface area contributed by atoms with Crippen LogP contribution in [0.3, 0.4) is 0 Å². The van der Waals surface area contributed by atoms with Gasteiger partial charge in [-0.3, -0.25) is 9.78 Å². The van der Waals surface area contributed by atoms with Crippen LogP contribution in [0, 0.1) is 0 Å². The third kappa shape index (κ3) is 1.84. The van der Waals surface area contributed by atoms with E-state index in [9.17, 15) is 4.79 Å². The largest absolute Gasteiger partial charge is 0.488 e. The fourth-order valence-corrected chi connectivity index (χ4v) is 1.17. The van der Waals surface area contributed by atoms with E-state index in [1.165, 1.54) is 0 Å². The molecule has 0 aliphatic heterocycles. The van der Waals surface area contributed by atoms with E-state index in [1.807, 2.05) is 0 Å². The average molecular weight is 192 g/mol. The molecule has 1 aliphatic rings. The Hall–Kier alpha value is -1.58. The lowest BCUT2D eigenvalue weighted by atomic mass is 10.3. The molecule has 0 saturated heterocycles. The molecule has 1 aromatic rings. The molecule has 0 unspecified atom stereocenters. The molecule has 1 saturated carbocycles. The van der Waals surface area contributed by atoms with E-state index in [4.69, 9.17) is 4.74 Å². The maximum absolute atomic E-state index is 10.5. The van der Waals surface area contributed by atoms with Gasteiger partial charge in [-0.05, 0) is 12.8 Å². The predicted molar refractivity (Wildman–Crippen MR) is 52.8 cm³/mol. The van der Waals surface area contributed by atoms with Gasteiger partial charge in [-0.1, -0.05) is 0 Å². The number of hydrogen-bond donors (Lipinski definition) is 1. The Balaban J connectivity index is 2.26. The summed E-state index contributed by atoms with van der Waals surface area (Å²) in [5.74, 6) is 0.715. The first-order valence-electron chi connectivity index (χ1n) is 4.63. The topological polar surface area (TPSA) is 51.2 Å². The molecule has 1 N–H and O–H groups in total. The van der Waals surface area contributed by atoms with E-state index in [1.54, 1.807) is 19.3 Å². The van der Waals surface area contributed by atoms with Gasteiger partial charge in [0.15, 0.2) is 6.29 Å². The minimum atomic E-state index is 0.323. The van der Waals surface area contributed by atoms with Crippen LogP contribution in [-0.4, -0.2) is 24.4 Å². The number of nitrogens with zero attached hydrogens (tertiary/aromatic N) is 1. The van der Waals surface area contributed by atoms with Gasteiger partial charge in [0, 0.05) is 13.1 Å². The number of hydrogen-bond acceptors (Lipinski definition) is 4. The van der Waals surface area contributed by atoms with Crippen molar-refractivity contribution in [2.24, 2.45) is 0 Å². The molecule has 4 heteroatoms. The van der Waals surface area contributed by atoms with Gasteiger partial charge in [0.25, 0.3) is 0 Å². The first-order valence-corrected chi connectivity index (χ1v) is 4.63. The summed E-state index contributed by atoms with van der Waals surface area (Å²) < 4.78 is 5.63. The predicted octanol–water partition coefficient (Wildman–Crippen LogP) is 1.48. The number of nitrogens with one attached hydrogen (secondary N) is 1. The van der Waals surface area contributed by atoms with Crippen molar-refractivity contribution >= 4 is 12.0 Å². The Labute approximate surface area is 82.3 Å². The molecule has 0 radical (unpaired) electrons. The smallest absolute Gasteiger partial charge is 0.168 e. The monoisotopic (exact) mass is 192 g/mol. The lowest BCUT2D eigenvalue weighted by molar-refractivity contribution is 0.111. The Kier molecular flexibility index (Phi) is 2.35. The lowest BCUT2D eigenvalue weighted by Crippen LogP contribution is -2.02. The highest BCUT2D eigenvalue weighted by atomic mass is 16.5. The number of ether oxygens (including phenoxy) is 1. The van der Waals surface area contributed by atoms with E-state index in [-0.39, 0.29) is 0 Å². The van der Waals surface area contributed by atoms with Crippen LogP contribution < -0.4 is 10.1 Å². The number of carbonyl (C=O) groups excluding carboxylic acids is 1. The molecule has 0 atom stereocenters. The first kappa shape index (κ1) is 8.99. The van der Waals surface area contributed by atoms with E-state index >= 15 is 0 Å². The molecule has 14 heavy (non-hydrogen) atoms. The van der Waals surface area contributed by atoms with Crippen LogP contribution in [0.5, 0.6) is 5.75 Å². The van der Waals surface area contributed by atoms with Crippen LogP contribution in [0.15, 0.2) is 12.3 Å². The Morgan fingerprint density at radius 1 is 1.64 bits per heavy atom. The summed E-state index contributed by atoms with van der Waals surface area (Å²) in [6, 6.07) is 1.66. The van der Waals surface area contributed by atoms with Gasteiger partial charge in [-0.15, -0.1) is 0 Å². The van der Waals surface area contributed by atoms with Gasteiger partial charge < -0.3 is 10.1 Å². The second kappa shape index (κ2) is 3.65. The molecule has 74 valence electrons. The summed E-state index contributed by atoms with van der Waals surface area (Å²) in [6.07, 6.45) is 4.86.